The molecule has 0 fully saturated rings. The zero-order valence-electron chi connectivity index (χ0n) is 15.0. The van der Waals surface area contributed by atoms with Crippen LogP contribution in [-0.4, -0.2) is 39.1 Å². The molecule has 0 radical (unpaired) electrons. The molecule has 0 aliphatic heterocycles. The molecule has 0 aromatic carbocycles. The third-order valence-corrected chi connectivity index (χ3v) is 4.87. The van der Waals surface area contributed by atoms with Gasteiger partial charge in [-0.05, 0) is 30.9 Å². The maximum atomic E-state index is 12.3. The molecule has 3 aromatic heterocycles. The number of carbonyl (C=O) groups is 2. The van der Waals surface area contributed by atoms with Crippen LogP contribution in [0.25, 0.3) is 10.7 Å². The fraction of sp³-hybridized carbons (Fsp3) is 0.333. The summed E-state index contributed by atoms with van der Waals surface area (Å²) in [6.07, 6.45) is 1.41. The number of aromatic nitrogens is 2. The number of hydrogen-bond acceptors (Lipinski definition) is 7. The van der Waals surface area contributed by atoms with Crippen molar-refractivity contribution in [1.29, 1.82) is 0 Å². The second kappa shape index (κ2) is 8.17. The van der Waals surface area contributed by atoms with Crippen LogP contribution in [0.5, 0.6) is 0 Å². The molecule has 3 rings (SSSR count). The van der Waals surface area contributed by atoms with Gasteiger partial charge in [0.1, 0.15) is 17.1 Å². The number of hydrogen-bond donors (Lipinski definition) is 1. The van der Waals surface area contributed by atoms with Gasteiger partial charge in [0.2, 0.25) is 17.6 Å². The Morgan fingerprint density at radius 1 is 1.37 bits per heavy atom. The van der Waals surface area contributed by atoms with Gasteiger partial charge < -0.3 is 18.9 Å². The summed E-state index contributed by atoms with van der Waals surface area (Å²) in [5, 5.41) is 14.9. The first-order valence-corrected chi connectivity index (χ1v) is 9.25. The van der Waals surface area contributed by atoms with E-state index in [2.05, 4.69) is 10.1 Å². The summed E-state index contributed by atoms with van der Waals surface area (Å²) < 4.78 is 10.6. The normalized spacial score (nSPS) is 10.9. The van der Waals surface area contributed by atoms with Gasteiger partial charge in [0.25, 0.3) is 0 Å². The van der Waals surface area contributed by atoms with Crippen molar-refractivity contribution in [3.8, 4) is 10.7 Å². The molecular weight excluding hydrogens is 370 g/mol. The highest BCUT2D eigenvalue weighted by Gasteiger charge is 2.17. The lowest BCUT2D eigenvalue weighted by atomic mass is 10.2. The third-order valence-electron chi connectivity index (χ3n) is 4.01. The van der Waals surface area contributed by atoms with Crippen molar-refractivity contribution in [1.82, 2.24) is 15.0 Å². The molecular formula is C18H19N3O5S. The molecule has 0 saturated carbocycles. The molecule has 3 aromatic rings. The first-order chi connectivity index (χ1) is 12.9. The molecule has 0 saturated heterocycles. The first kappa shape index (κ1) is 18.8. The second-order valence-electron chi connectivity index (χ2n) is 6.08. The number of amides is 1. The lowest BCUT2D eigenvalue weighted by Crippen LogP contribution is -2.25. The molecule has 0 spiro atoms. The van der Waals surface area contributed by atoms with Crippen molar-refractivity contribution in [2.24, 2.45) is 0 Å². The van der Waals surface area contributed by atoms with Crippen molar-refractivity contribution >= 4 is 23.2 Å². The van der Waals surface area contributed by atoms with E-state index in [4.69, 9.17) is 14.0 Å². The van der Waals surface area contributed by atoms with Crippen molar-refractivity contribution in [2.75, 3.05) is 7.05 Å². The smallest absolute Gasteiger partial charge is 0.339 e. The van der Waals surface area contributed by atoms with Gasteiger partial charge in [-0.15, -0.1) is 11.3 Å². The Morgan fingerprint density at radius 3 is 2.85 bits per heavy atom. The van der Waals surface area contributed by atoms with E-state index in [1.54, 1.807) is 14.0 Å². The molecule has 0 atom stereocenters. The largest absolute Gasteiger partial charge is 0.478 e. The summed E-state index contributed by atoms with van der Waals surface area (Å²) in [4.78, 5) is 30.1. The molecule has 3 heterocycles. The SMILES string of the molecule is Cc1oc(CN(C)C(=O)CCCc2nc(-c3cccs3)no2)cc1C(=O)O. The van der Waals surface area contributed by atoms with Crippen LogP contribution < -0.4 is 0 Å². The van der Waals surface area contributed by atoms with Crippen LogP contribution >= 0.6 is 11.3 Å². The maximum Gasteiger partial charge on any atom is 0.339 e. The number of rotatable bonds is 8. The fourth-order valence-electron chi connectivity index (χ4n) is 2.60. The van der Waals surface area contributed by atoms with Crippen molar-refractivity contribution < 1.29 is 23.6 Å². The van der Waals surface area contributed by atoms with Crippen LogP contribution in [0.15, 0.2) is 32.5 Å². The Kier molecular flexibility index (Phi) is 5.70. The minimum absolute atomic E-state index is 0.0704. The maximum absolute atomic E-state index is 12.3. The Bertz CT molecular complexity index is 929. The molecule has 0 aliphatic carbocycles. The Labute approximate surface area is 159 Å². The van der Waals surface area contributed by atoms with Crippen molar-refractivity contribution in [3.63, 3.8) is 0 Å². The van der Waals surface area contributed by atoms with E-state index in [-0.39, 0.29) is 18.0 Å². The molecule has 0 unspecified atom stereocenters. The average molecular weight is 389 g/mol. The molecule has 0 bridgehead atoms. The van der Waals surface area contributed by atoms with E-state index in [9.17, 15) is 9.59 Å². The topological polar surface area (TPSA) is 110 Å². The van der Waals surface area contributed by atoms with Crippen molar-refractivity contribution in [3.05, 3.63) is 46.6 Å². The molecule has 142 valence electrons. The predicted molar refractivity (Wildman–Crippen MR) is 97.4 cm³/mol. The van der Waals surface area contributed by atoms with Gasteiger partial charge in [0.15, 0.2) is 0 Å². The van der Waals surface area contributed by atoms with Crippen LogP contribution in [0.4, 0.5) is 0 Å². The van der Waals surface area contributed by atoms with E-state index in [1.807, 2.05) is 17.5 Å². The number of carboxylic acid groups (broad SMARTS) is 1. The van der Waals surface area contributed by atoms with E-state index < -0.39 is 5.97 Å². The monoisotopic (exact) mass is 389 g/mol. The minimum atomic E-state index is -1.04. The molecule has 0 aliphatic rings. The molecule has 9 heteroatoms. The average Bonchev–Trinajstić information content (AvgIpc) is 3.34. The fourth-order valence-corrected chi connectivity index (χ4v) is 3.25. The Morgan fingerprint density at radius 2 is 2.19 bits per heavy atom. The lowest BCUT2D eigenvalue weighted by Gasteiger charge is -2.15. The van der Waals surface area contributed by atoms with Crippen LogP contribution in [0.1, 0.15) is 40.6 Å². The highest BCUT2D eigenvalue weighted by molar-refractivity contribution is 7.13. The third kappa shape index (κ3) is 4.62. The van der Waals surface area contributed by atoms with Crippen LogP contribution in [0.2, 0.25) is 0 Å². The Balaban J connectivity index is 1.47. The van der Waals surface area contributed by atoms with Gasteiger partial charge in [0, 0.05) is 19.9 Å². The quantitative estimate of drug-likeness (QED) is 0.629. The lowest BCUT2D eigenvalue weighted by molar-refractivity contribution is -0.130. The van der Waals surface area contributed by atoms with E-state index in [1.165, 1.54) is 22.3 Å². The minimum Gasteiger partial charge on any atom is -0.478 e. The molecule has 8 nitrogen and oxygen atoms in total. The highest BCUT2D eigenvalue weighted by atomic mass is 32.1. The number of carboxylic acids is 1. The zero-order valence-corrected chi connectivity index (χ0v) is 15.8. The van der Waals surface area contributed by atoms with Gasteiger partial charge >= 0.3 is 5.97 Å². The Hall–Kier alpha value is -2.94. The molecule has 1 N–H and O–H groups in total. The molecule has 27 heavy (non-hydrogen) atoms. The summed E-state index contributed by atoms with van der Waals surface area (Å²) in [7, 11) is 1.65. The number of aromatic carboxylic acids is 1. The summed E-state index contributed by atoms with van der Waals surface area (Å²) in [6.45, 7) is 1.81. The van der Waals surface area contributed by atoms with Gasteiger partial charge in [-0.3, -0.25) is 4.79 Å². The van der Waals surface area contributed by atoms with Crippen LogP contribution in [-0.2, 0) is 17.8 Å². The summed E-state index contributed by atoms with van der Waals surface area (Å²) in [6, 6.07) is 5.29. The number of furan rings is 1. The number of thiophene rings is 1. The van der Waals surface area contributed by atoms with E-state index >= 15 is 0 Å². The van der Waals surface area contributed by atoms with Gasteiger partial charge in [0.05, 0.1) is 11.4 Å². The number of carbonyl (C=O) groups excluding carboxylic acids is 1. The number of nitrogens with zero attached hydrogens (tertiary/aromatic N) is 3. The second-order valence-corrected chi connectivity index (χ2v) is 7.03. The van der Waals surface area contributed by atoms with Crippen molar-refractivity contribution in [2.45, 2.75) is 32.7 Å². The van der Waals surface area contributed by atoms with Crippen LogP contribution in [0, 0.1) is 6.92 Å². The summed E-state index contributed by atoms with van der Waals surface area (Å²) in [5.74, 6) is 0.721. The molecule has 1 amide bonds. The predicted octanol–water partition coefficient (Wildman–Crippen LogP) is 3.38. The summed E-state index contributed by atoms with van der Waals surface area (Å²) >= 11 is 1.54. The van der Waals surface area contributed by atoms with Gasteiger partial charge in [-0.2, -0.15) is 4.98 Å². The van der Waals surface area contributed by atoms with Crippen LogP contribution in [0.3, 0.4) is 0 Å². The van der Waals surface area contributed by atoms with E-state index in [0.717, 1.165) is 4.88 Å². The zero-order chi connectivity index (χ0) is 19.4. The van der Waals surface area contributed by atoms with E-state index in [0.29, 0.717) is 42.5 Å². The first-order valence-electron chi connectivity index (χ1n) is 8.37. The number of aryl methyl sites for hydroxylation is 2. The van der Waals surface area contributed by atoms with Gasteiger partial charge in [-0.25, -0.2) is 4.79 Å². The summed E-state index contributed by atoms with van der Waals surface area (Å²) in [5.41, 5.74) is 0.115. The van der Waals surface area contributed by atoms with Gasteiger partial charge in [-0.1, -0.05) is 11.2 Å². The highest BCUT2D eigenvalue weighted by Crippen LogP contribution is 2.22. The standard InChI is InChI=1S/C18H19N3O5S/c1-11-13(18(23)24)9-12(25-11)10-21(2)16(22)7-3-6-15-19-17(20-26-15)14-5-4-8-27-14/h4-5,8-9H,3,6-7,10H2,1-2H3,(H,23,24).